The molecule has 1 unspecified atom stereocenters. The van der Waals surface area contributed by atoms with Crippen molar-refractivity contribution in [2.24, 2.45) is 0 Å². The summed E-state index contributed by atoms with van der Waals surface area (Å²) < 4.78 is 28.1. The molecule has 0 saturated heterocycles. The molecule has 1 aromatic carbocycles. The average molecular weight is 371 g/mol. The smallest absolute Gasteiger partial charge is 0.246 e. The third kappa shape index (κ3) is 3.81. The first-order chi connectivity index (χ1) is 9.94. The molecule has 0 saturated carbocycles. The molecule has 0 spiro atoms. The van der Waals surface area contributed by atoms with Crippen LogP contribution >= 0.6 is 15.9 Å². The largest absolute Gasteiger partial charge is 0.366 e. The van der Waals surface area contributed by atoms with E-state index in [9.17, 15) is 13.2 Å². The number of pyridine rings is 1. The maximum absolute atomic E-state index is 12.3. The second kappa shape index (κ2) is 6.55. The van der Waals surface area contributed by atoms with Gasteiger partial charge in [-0.05, 0) is 24.1 Å². The summed E-state index contributed by atoms with van der Waals surface area (Å²) in [5, 5.41) is 0. The van der Waals surface area contributed by atoms with Gasteiger partial charge >= 0.3 is 0 Å². The fourth-order valence-electron chi connectivity index (χ4n) is 1.94. The molecule has 1 aromatic heterocycles. The maximum Gasteiger partial charge on any atom is 0.246 e. The summed E-state index contributed by atoms with van der Waals surface area (Å²) in [4.78, 5) is 14.0. The van der Waals surface area contributed by atoms with Crippen LogP contribution in [0.1, 0.15) is 24.9 Å². The molecular weight excluding hydrogens is 356 g/mol. The van der Waals surface area contributed by atoms with E-state index in [0.717, 1.165) is 10.0 Å². The van der Waals surface area contributed by atoms with Gasteiger partial charge in [0.15, 0.2) is 0 Å². The van der Waals surface area contributed by atoms with Gasteiger partial charge in [0, 0.05) is 29.0 Å². The predicted molar refractivity (Wildman–Crippen MR) is 84.6 cm³/mol. The van der Waals surface area contributed by atoms with Gasteiger partial charge in [-0.1, -0.05) is 35.0 Å². The zero-order valence-electron chi connectivity index (χ0n) is 11.3. The summed E-state index contributed by atoms with van der Waals surface area (Å²) in [6.07, 6.45) is 3.16. The standard InChI is InChI=1S/C14H15BrN2O3S/c1-2-12(10-3-5-11(15)6-4-10)17-21(19,20)14-9-16-8-7-13(14)18/h3-9,12,17H,2H2,1H3,(H,16,18). The Kier molecular flexibility index (Phi) is 4.97. The highest BCUT2D eigenvalue weighted by Gasteiger charge is 2.22. The van der Waals surface area contributed by atoms with Crippen LogP contribution in [-0.4, -0.2) is 13.4 Å². The van der Waals surface area contributed by atoms with E-state index in [1.54, 1.807) is 0 Å². The molecule has 0 radical (unpaired) electrons. The zero-order valence-corrected chi connectivity index (χ0v) is 13.7. The molecular formula is C14H15BrN2O3S. The number of H-pyrrole nitrogens is 1. The lowest BCUT2D eigenvalue weighted by atomic mass is 10.1. The fraction of sp³-hybridized carbons (Fsp3) is 0.214. The van der Waals surface area contributed by atoms with Crippen molar-refractivity contribution in [2.45, 2.75) is 24.3 Å². The van der Waals surface area contributed by atoms with E-state index in [0.29, 0.717) is 6.42 Å². The first-order valence-electron chi connectivity index (χ1n) is 6.39. The van der Waals surface area contributed by atoms with E-state index in [-0.39, 0.29) is 10.9 Å². The van der Waals surface area contributed by atoms with Crippen molar-refractivity contribution in [1.82, 2.24) is 9.71 Å². The first kappa shape index (κ1) is 15.9. The normalized spacial score (nSPS) is 13.0. The van der Waals surface area contributed by atoms with Crippen molar-refractivity contribution in [1.29, 1.82) is 0 Å². The Morgan fingerprint density at radius 1 is 1.24 bits per heavy atom. The topological polar surface area (TPSA) is 79.0 Å². The summed E-state index contributed by atoms with van der Waals surface area (Å²) in [6, 6.07) is 8.19. The van der Waals surface area contributed by atoms with Crippen LogP contribution < -0.4 is 10.2 Å². The SMILES string of the molecule is CCC(NS(=O)(=O)c1c[nH]ccc1=O)c1ccc(Br)cc1. The maximum atomic E-state index is 12.3. The first-order valence-corrected chi connectivity index (χ1v) is 8.66. The Morgan fingerprint density at radius 2 is 1.90 bits per heavy atom. The monoisotopic (exact) mass is 370 g/mol. The molecule has 1 atom stereocenters. The van der Waals surface area contributed by atoms with Crippen LogP contribution in [0.2, 0.25) is 0 Å². The molecule has 2 aromatic rings. The average Bonchev–Trinajstić information content (AvgIpc) is 2.46. The summed E-state index contributed by atoms with van der Waals surface area (Å²) >= 11 is 3.34. The van der Waals surface area contributed by atoms with Crippen LogP contribution in [0.15, 0.2) is 56.9 Å². The lowest BCUT2D eigenvalue weighted by Gasteiger charge is -2.17. The lowest BCUT2D eigenvalue weighted by molar-refractivity contribution is 0.549. The zero-order chi connectivity index (χ0) is 15.5. The number of aromatic nitrogens is 1. The molecule has 21 heavy (non-hydrogen) atoms. The minimum Gasteiger partial charge on any atom is -0.366 e. The van der Waals surface area contributed by atoms with Crippen molar-refractivity contribution in [3.8, 4) is 0 Å². The molecule has 2 N–H and O–H groups in total. The molecule has 2 rings (SSSR count). The van der Waals surface area contributed by atoms with Gasteiger partial charge in [-0.25, -0.2) is 13.1 Å². The van der Waals surface area contributed by atoms with Crippen LogP contribution in [0.5, 0.6) is 0 Å². The molecule has 1 heterocycles. The van der Waals surface area contributed by atoms with Crippen molar-refractivity contribution in [2.75, 3.05) is 0 Å². The molecule has 112 valence electrons. The summed E-state index contributed by atoms with van der Waals surface area (Å²) in [6.45, 7) is 1.88. The summed E-state index contributed by atoms with van der Waals surface area (Å²) in [5.41, 5.74) is 0.309. The van der Waals surface area contributed by atoms with E-state index in [1.807, 2.05) is 31.2 Å². The van der Waals surface area contributed by atoms with E-state index in [1.165, 1.54) is 18.5 Å². The van der Waals surface area contributed by atoms with E-state index in [2.05, 4.69) is 25.6 Å². The molecule has 0 aliphatic heterocycles. The highest BCUT2D eigenvalue weighted by Crippen LogP contribution is 2.21. The van der Waals surface area contributed by atoms with Crippen LogP contribution in [0.4, 0.5) is 0 Å². The minimum absolute atomic E-state index is 0.277. The van der Waals surface area contributed by atoms with Gasteiger partial charge in [-0.3, -0.25) is 4.79 Å². The number of aromatic amines is 1. The summed E-state index contributed by atoms with van der Waals surface area (Å²) in [7, 11) is -3.87. The molecule has 0 aliphatic carbocycles. The summed E-state index contributed by atoms with van der Waals surface area (Å²) in [5.74, 6) is 0. The van der Waals surface area contributed by atoms with Crippen molar-refractivity contribution in [3.05, 3.63) is 63.0 Å². The molecule has 5 nitrogen and oxygen atoms in total. The Labute approximate surface area is 131 Å². The molecule has 0 amide bonds. The van der Waals surface area contributed by atoms with Gasteiger partial charge in [-0.15, -0.1) is 0 Å². The highest BCUT2D eigenvalue weighted by molar-refractivity contribution is 9.10. The number of hydrogen-bond donors (Lipinski definition) is 2. The highest BCUT2D eigenvalue weighted by atomic mass is 79.9. The number of halogens is 1. The Balaban J connectivity index is 2.32. The van der Waals surface area contributed by atoms with Crippen LogP contribution in [0.25, 0.3) is 0 Å². The third-order valence-corrected chi connectivity index (χ3v) is 5.08. The number of nitrogens with one attached hydrogen (secondary N) is 2. The van der Waals surface area contributed by atoms with Gasteiger partial charge in [0.2, 0.25) is 15.5 Å². The number of sulfonamides is 1. The van der Waals surface area contributed by atoms with E-state index < -0.39 is 15.5 Å². The van der Waals surface area contributed by atoms with Gasteiger partial charge in [-0.2, -0.15) is 0 Å². The molecule has 0 fully saturated rings. The van der Waals surface area contributed by atoms with E-state index in [4.69, 9.17) is 0 Å². The Morgan fingerprint density at radius 3 is 2.48 bits per heavy atom. The Bertz CT molecular complexity index is 769. The number of rotatable bonds is 5. The van der Waals surface area contributed by atoms with Gasteiger partial charge in [0.25, 0.3) is 0 Å². The van der Waals surface area contributed by atoms with Gasteiger partial charge in [0.05, 0.1) is 0 Å². The van der Waals surface area contributed by atoms with E-state index >= 15 is 0 Å². The van der Waals surface area contributed by atoms with Crippen LogP contribution in [-0.2, 0) is 10.0 Å². The number of hydrogen-bond acceptors (Lipinski definition) is 3. The third-order valence-electron chi connectivity index (χ3n) is 3.06. The van der Waals surface area contributed by atoms with Crippen molar-refractivity contribution in [3.63, 3.8) is 0 Å². The van der Waals surface area contributed by atoms with Crippen molar-refractivity contribution >= 4 is 26.0 Å². The fourth-order valence-corrected chi connectivity index (χ4v) is 3.57. The predicted octanol–water partition coefficient (Wildman–Crippen LogP) is 2.57. The van der Waals surface area contributed by atoms with Crippen LogP contribution in [0, 0.1) is 0 Å². The lowest BCUT2D eigenvalue weighted by Crippen LogP contribution is -2.31. The molecule has 0 bridgehead atoms. The minimum atomic E-state index is -3.87. The van der Waals surface area contributed by atoms with Crippen molar-refractivity contribution < 1.29 is 8.42 Å². The quantitative estimate of drug-likeness (QED) is 0.848. The number of benzene rings is 1. The molecule has 0 aliphatic rings. The Hall–Kier alpha value is -1.44. The second-order valence-electron chi connectivity index (χ2n) is 4.51. The van der Waals surface area contributed by atoms with Gasteiger partial charge < -0.3 is 4.98 Å². The molecule has 7 heteroatoms. The van der Waals surface area contributed by atoms with Crippen LogP contribution in [0.3, 0.4) is 0 Å². The second-order valence-corrected chi connectivity index (χ2v) is 7.10. The van der Waals surface area contributed by atoms with Gasteiger partial charge in [0.1, 0.15) is 4.90 Å².